The molecule has 0 N–H and O–H groups in total. The molecule has 0 amide bonds. The van der Waals surface area contributed by atoms with Gasteiger partial charge in [0.25, 0.3) is 8.25 Å². The average molecular weight is 428 g/mol. The molecule has 0 atom stereocenters. The summed E-state index contributed by atoms with van der Waals surface area (Å²) >= 11 is 0. The van der Waals surface area contributed by atoms with Crippen molar-refractivity contribution in [2.45, 2.75) is 0 Å². The second-order valence-electron chi connectivity index (χ2n) is 3.46. The number of hydrogen-bond acceptors (Lipinski definition) is 3. The number of rotatable bonds is 0. The van der Waals surface area contributed by atoms with Gasteiger partial charge in [-0.05, 0) is 0 Å². The van der Waals surface area contributed by atoms with Gasteiger partial charge in [-0.15, -0.1) is 0 Å². The van der Waals surface area contributed by atoms with Gasteiger partial charge in [0.1, 0.15) is 0 Å². The summed E-state index contributed by atoms with van der Waals surface area (Å²) in [5.74, 6) is 0. The summed E-state index contributed by atoms with van der Waals surface area (Å²) in [7, 11) is -3.37. The van der Waals surface area contributed by atoms with Crippen molar-refractivity contribution >= 4 is 8.25 Å². The first-order valence-electron chi connectivity index (χ1n) is 6.28. The third kappa shape index (κ3) is 28.8. The van der Waals surface area contributed by atoms with Crippen LogP contribution in [0.15, 0.2) is 91.0 Å². The van der Waals surface area contributed by atoms with Crippen LogP contribution in [0.2, 0.25) is 0 Å². The van der Waals surface area contributed by atoms with Crippen LogP contribution < -0.4 is 9.79 Å². The van der Waals surface area contributed by atoms with Crippen LogP contribution in [0.4, 0.5) is 0 Å². The second kappa shape index (κ2) is 23.9. The fourth-order valence-corrected chi connectivity index (χ4v) is 1.03. The van der Waals surface area contributed by atoms with Crippen LogP contribution in [0.3, 0.4) is 0 Å². The first-order chi connectivity index (χ1) is 10.7. The molecule has 0 fully saturated rings. The van der Waals surface area contributed by atoms with Gasteiger partial charge >= 0.3 is 33.0 Å². The van der Waals surface area contributed by atoms with E-state index in [1.807, 2.05) is 91.0 Å². The number of hydrogen-bond donors (Lipinski definition) is 0. The molecular weight excluding hydrogens is 413 g/mol. The summed E-state index contributed by atoms with van der Waals surface area (Å²) in [6.07, 6.45) is 0. The molecule has 0 spiro atoms. The first-order valence-corrected chi connectivity index (χ1v) is 7.38. The van der Waals surface area contributed by atoms with Crippen molar-refractivity contribution < 1.29 is 47.3 Å². The maximum Gasteiger partial charge on any atom is 3.00 e. The van der Waals surface area contributed by atoms with Crippen LogP contribution in [-0.4, -0.2) is 0 Å². The fourth-order valence-electron chi connectivity index (χ4n) is 1.03. The zero-order valence-corrected chi connectivity index (χ0v) is 15.3. The quantitative estimate of drug-likeness (QED) is 0.315. The molecule has 0 saturated heterocycles. The van der Waals surface area contributed by atoms with Crippen molar-refractivity contribution in [3.05, 3.63) is 109 Å². The van der Waals surface area contributed by atoms with E-state index in [0.29, 0.717) is 0 Å². The third-order valence-corrected chi connectivity index (χ3v) is 1.82. The Hall–Kier alpha value is -1.33. The van der Waals surface area contributed by atoms with Crippen molar-refractivity contribution in [2.24, 2.45) is 0 Å². The van der Waals surface area contributed by atoms with Crippen molar-refractivity contribution in [3.63, 3.8) is 0 Å². The zero-order valence-electron chi connectivity index (χ0n) is 12.5. The van der Waals surface area contributed by atoms with E-state index in [0.717, 1.165) is 0 Å². The van der Waals surface area contributed by atoms with Gasteiger partial charge in [0.2, 0.25) is 0 Å². The molecule has 0 saturated carbocycles. The zero-order chi connectivity index (χ0) is 16.3. The van der Waals surface area contributed by atoms with E-state index in [1.54, 1.807) is 0 Å². The van der Waals surface area contributed by atoms with Crippen LogP contribution >= 0.6 is 8.25 Å². The van der Waals surface area contributed by atoms with Gasteiger partial charge in [0.15, 0.2) is 0 Å². The van der Waals surface area contributed by atoms with Gasteiger partial charge in [-0.2, -0.15) is 109 Å². The molecule has 3 aromatic carbocycles. The van der Waals surface area contributed by atoms with E-state index in [9.17, 15) is 0 Å². The molecule has 0 aliphatic heterocycles. The molecule has 1 radical (unpaired) electrons. The van der Waals surface area contributed by atoms with Crippen LogP contribution in [0.1, 0.15) is 0 Å². The van der Waals surface area contributed by atoms with Crippen LogP contribution in [0.5, 0.6) is 0 Å². The molecule has 0 heterocycles. The number of benzene rings is 3. The van der Waals surface area contributed by atoms with Crippen molar-refractivity contribution in [2.75, 3.05) is 0 Å². The van der Waals surface area contributed by atoms with E-state index < -0.39 is 8.25 Å². The second-order valence-corrected chi connectivity index (χ2v) is 3.90. The minimum absolute atomic E-state index is 0. The van der Waals surface area contributed by atoms with E-state index >= 15 is 0 Å². The monoisotopic (exact) mass is 426 g/mol. The summed E-state index contributed by atoms with van der Waals surface area (Å²) in [4.78, 5) is 17.0. The Morgan fingerprint density at radius 3 is 0.750 bits per heavy atom. The van der Waals surface area contributed by atoms with Crippen molar-refractivity contribution in [3.8, 4) is 0 Å². The van der Waals surface area contributed by atoms with Gasteiger partial charge in [-0.1, -0.05) is 4.57 Å². The molecule has 129 valence electrons. The molecule has 0 unspecified atom stereocenters. The Balaban J connectivity index is -0.000000241. The summed E-state index contributed by atoms with van der Waals surface area (Å²) in [5, 5.41) is 0. The van der Waals surface area contributed by atoms with E-state index in [-0.39, 0.29) is 33.0 Å². The van der Waals surface area contributed by atoms with Gasteiger partial charge < -0.3 is 9.79 Å². The maximum absolute atomic E-state index is 8.48. The van der Waals surface area contributed by atoms with E-state index in [1.165, 1.54) is 0 Å². The maximum atomic E-state index is 8.48. The van der Waals surface area contributed by atoms with E-state index in [4.69, 9.17) is 14.4 Å². The molecule has 6 heteroatoms. The average Bonchev–Trinajstić information content (AvgIpc) is 2.60. The van der Waals surface area contributed by atoms with Gasteiger partial charge in [-0.25, -0.2) is 0 Å². The SMILES string of the molecule is O=[P+]([O-])[O-].[Ni+2].[Ni+3].[c-]1ccccc1.[c-]1ccccc1.[c-]1ccccc1. The summed E-state index contributed by atoms with van der Waals surface area (Å²) < 4.78 is 8.48. The largest absolute Gasteiger partial charge is 3.00 e. The Morgan fingerprint density at radius 2 is 0.708 bits per heavy atom. The molecule has 3 aromatic rings. The smallest absolute Gasteiger partial charge is 0.598 e. The first kappa shape index (κ1) is 27.5. The third-order valence-electron chi connectivity index (χ3n) is 1.82. The molecule has 24 heavy (non-hydrogen) atoms. The Kier molecular flexibility index (Phi) is 27.4. The van der Waals surface area contributed by atoms with E-state index in [2.05, 4.69) is 18.2 Å². The van der Waals surface area contributed by atoms with Crippen molar-refractivity contribution in [1.29, 1.82) is 0 Å². The summed E-state index contributed by atoms with van der Waals surface area (Å²) in [5.41, 5.74) is 0. The van der Waals surface area contributed by atoms with Crippen molar-refractivity contribution in [1.82, 2.24) is 0 Å². The Bertz CT molecular complexity index is 396. The van der Waals surface area contributed by atoms with Gasteiger partial charge in [0, 0.05) is 0 Å². The minimum Gasteiger partial charge on any atom is -0.598 e. The summed E-state index contributed by atoms with van der Waals surface area (Å²) in [6.45, 7) is 0. The molecule has 0 aromatic heterocycles. The molecule has 3 nitrogen and oxygen atoms in total. The van der Waals surface area contributed by atoms with Crippen LogP contribution in [0.25, 0.3) is 0 Å². The standard InChI is InChI=1S/3C6H5.2Ni.HO3P/c3*1-2-4-6-5-3-1;;;1-4(2)3/h3*1-5H;;;(H,1,2,3)/q3*-1;+2;+3;/p-1. The normalized spacial score (nSPS) is 7.08. The van der Waals surface area contributed by atoms with Gasteiger partial charge in [0.05, 0.1) is 0 Å². The Morgan fingerprint density at radius 1 is 0.542 bits per heavy atom. The molecule has 3 rings (SSSR count). The topological polar surface area (TPSA) is 63.2 Å². The minimum atomic E-state index is -3.37. The Labute approximate surface area is 164 Å². The molecule has 0 aliphatic carbocycles. The summed E-state index contributed by atoms with van der Waals surface area (Å²) in [6, 6.07) is 37.5. The van der Waals surface area contributed by atoms with Gasteiger partial charge in [-0.3, -0.25) is 0 Å². The molecular formula is C18H15Ni2O3P+. The fraction of sp³-hybridized carbons (Fsp3) is 0. The predicted octanol–water partition coefficient (Wildman–Crippen LogP) is 2.82. The van der Waals surface area contributed by atoms with Crippen LogP contribution in [-0.2, 0) is 37.5 Å². The molecule has 0 aliphatic rings. The molecule has 0 bridgehead atoms. The predicted molar refractivity (Wildman–Crippen MR) is 83.4 cm³/mol. The van der Waals surface area contributed by atoms with Crippen LogP contribution in [0, 0.1) is 18.2 Å².